The summed E-state index contributed by atoms with van der Waals surface area (Å²) in [5, 5.41) is 2.76. The predicted molar refractivity (Wildman–Crippen MR) is 116 cm³/mol. The number of nitrogens with zero attached hydrogens (tertiary/aromatic N) is 2. The smallest absolute Gasteiger partial charge is 0.270 e. The fourth-order valence-electron chi connectivity index (χ4n) is 3.83. The molecule has 2 heterocycles. The largest absolute Gasteiger partial charge is 0.346 e. The number of hydrogen-bond acceptors (Lipinski definition) is 3. The third-order valence-corrected chi connectivity index (χ3v) is 5.32. The molecule has 1 aliphatic heterocycles. The van der Waals surface area contributed by atoms with Crippen molar-refractivity contribution in [2.45, 2.75) is 47.6 Å². The summed E-state index contributed by atoms with van der Waals surface area (Å²) in [5.41, 5.74) is 5.74. The maximum atomic E-state index is 13.2. The van der Waals surface area contributed by atoms with Crippen molar-refractivity contribution in [3.63, 3.8) is 0 Å². The van der Waals surface area contributed by atoms with Crippen LogP contribution in [0.15, 0.2) is 29.8 Å². The van der Waals surface area contributed by atoms with Crippen LogP contribution in [0.2, 0.25) is 0 Å². The summed E-state index contributed by atoms with van der Waals surface area (Å²) in [4.78, 5) is 27.2. The van der Waals surface area contributed by atoms with Crippen LogP contribution in [0, 0.1) is 27.7 Å². The zero-order valence-corrected chi connectivity index (χ0v) is 17.9. The topological polar surface area (TPSA) is 54.3 Å². The van der Waals surface area contributed by atoms with Gasteiger partial charge in [0.2, 0.25) is 0 Å². The van der Waals surface area contributed by atoms with Crippen molar-refractivity contribution in [1.82, 2.24) is 9.88 Å². The Balaban J connectivity index is 2.08. The quantitative estimate of drug-likeness (QED) is 0.483. The van der Waals surface area contributed by atoms with Crippen LogP contribution in [0.3, 0.4) is 0 Å². The molecular formula is C22H25N3O2S. The van der Waals surface area contributed by atoms with Gasteiger partial charge in [-0.1, -0.05) is 17.7 Å². The van der Waals surface area contributed by atoms with Gasteiger partial charge in [0.05, 0.1) is 5.69 Å². The standard InChI is InChI=1S/C22H25N3O2S/c1-12(2)24-15(5)10-17(16(24)6)11-18-20(26)23-22(28)25(21(18)27)19-8-7-13(3)9-14(19)4/h7-12H,1-6H3,(H,23,26,28)/b18-11-. The molecule has 1 aliphatic rings. The van der Waals surface area contributed by atoms with E-state index >= 15 is 0 Å². The maximum absolute atomic E-state index is 13.2. The van der Waals surface area contributed by atoms with Gasteiger partial charge in [0.25, 0.3) is 11.8 Å². The van der Waals surface area contributed by atoms with E-state index in [2.05, 4.69) is 23.7 Å². The lowest BCUT2D eigenvalue weighted by Crippen LogP contribution is -2.54. The molecule has 0 unspecified atom stereocenters. The second kappa shape index (κ2) is 7.36. The van der Waals surface area contributed by atoms with Gasteiger partial charge in [0.1, 0.15) is 5.57 Å². The number of aryl methyl sites for hydroxylation is 3. The second-order valence-electron chi connectivity index (χ2n) is 7.54. The molecule has 1 N–H and O–H groups in total. The van der Waals surface area contributed by atoms with Crippen molar-refractivity contribution in [3.8, 4) is 0 Å². The summed E-state index contributed by atoms with van der Waals surface area (Å²) in [7, 11) is 0. The lowest BCUT2D eigenvalue weighted by atomic mass is 10.0. The summed E-state index contributed by atoms with van der Waals surface area (Å²) in [6, 6.07) is 8.06. The molecule has 2 amide bonds. The average molecular weight is 396 g/mol. The minimum atomic E-state index is -0.467. The van der Waals surface area contributed by atoms with Crippen LogP contribution in [0.25, 0.3) is 6.08 Å². The zero-order valence-electron chi connectivity index (χ0n) is 17.1. The predicted octanol–water partition coefficient (Wildman–Crippen LogP) is 4.13. The highest BCUT2D eigenvalue weighted by Gasteiger charge is 2.35. The maximum Gasteiger partial charge on any atom is 0.270 e. The summed E-state index contributed by atoms with van der Waals surface area (Å²) in [5.74, 6) is -0.875. The van der Waals surface area contributed by atoms with Crippen LogP contribution < -0.4 is 10.2 Å². The van der Waals surface area contributed by atoms with Crippen molar-refractivity contribution in [3.05, 3.63) is 57.9 Å². The van der Waals surface area contributed by atoms with Gasteiger partial charge in [-0.3, -0.25) is 19.8 Å². The van der Waals surface area contributed by atoms with E-state index in [1.165, 1.54) is 4.90 Å². The number of aromatic nitrogens is 1. The van der Waals surface area contributed by atoms with Crippen molar-refractivity contribution < 1.29 is 9.59 Å². The first-order chi connectivity index (χ1) is 13.1. The SMILES string of the molecule is Cc1ccc(N2C(=O)/C(=C\c3cc(C)n(C(C)C)c3C)C(=O)NC2=S)c(C)c1. The van der Waals surface area contributed by atoms with Gasteiger partial charge in [-0.25, -0.2) is 0 Å². The average Bonchev–Trinajstić information content (AvgIpc) is 2.87. The molecule has 1 fully saturated rings. The number of nitrogens with one attached hydrogen (secondary N) is 1. The lowest BCUT2D eigenvalue weighted by Gasteiger charge is -2.30. The van der Waals surface area contributed by atoms with E-state index in [0.717, 1.165) is 28.1 Å². The third-order valence-electron chi connectivity index (χ3n) is 5.03. The minimum Gasteiger partial charge on any atom is -0.346 e. The number of carbonyl (C=O) groups is 2. The van der Waals surface area contributed by atoms with Crippen LogP contribution in [-0.4, -0.2) is 21.5 Å². The van der Waals surface area contributed by atoms with E-state index in [1.54, 1.807) is 6.08 Å². The monoisotopic (exact) mass is 395 g/mol. The summed E-state index contributed by atoms with van der Waals surface area (Å²) in [6.07, 6.45) is 1.66. The Kier molecular flexibility index (Phi) is 5.26. The number of hydrogen-bond donors (Lipinski definition) is 1. The fourth-order valence-corrected chi connectivity index (χ4v) is 4.11. The van der Waals surface area contributed by atoms with Gasteiger partial charge in [-0.2, -0.15) is 0 Å². The molecule has 6 heteroatoms. The van der Waals surface area contributed by atoms with Gasteiger partial charge in [0.15, 0.2) is 5.11 Å². The molecule has 1 aromatic heterocycles. The molecule has 0 spiro atoms. The normalized spacial score (nSPS) is 16.3. The Morgan fingerprint density at radius 2 is 1.75 bits per heavy atom. The molecule has 3 rings (SSSR count). The summed E-state index contributed by atoms with van der Waals surface area (Å²) >= 11 is 5.30. The zero-order chi connectivity index (χ0) is 20.7. The Bertz CT molecular complexity index is 1030. The number of amides is 2. The van der Waals surface area contributed by atoms with Gasteiger partial charge < -0.3 is 4.57 Å². The first kappa shape index (κ1) is 20.0. The molecular weight excluding hydrogens is 370 g/mol. The molecule has 1 aromatic carbocycles. The van der Waals surface area contributed by atoms with E-state index < -0.39 is 11.8 Å². The molecule has 0 bridgehead atoms. The second-order valence-corrected chi connectivity index (χ2v) is 7.92. The molecule has 5 nitrogen and oxygen atoms in total. The van der Waals surface area contributed by atoms with Crippen LogP contribution in [0.5, 0.6) is 0 Å². The van der Waals surface area contributed by atoms with E-state index in [0.29, 0.717) is 11.7 Å². The van der Waals surface area contributed by atoms with Gasteiger partial charge in [-0.05, 0) is 83.1 Å². The number of benzene rings is 1. The molecule has 146 valence electrons. The number of carbonyl (C=O) groups excluding carboxylic acids is 2. The Morgan fingerprint density at radius 3 is 2.32 bits per heavy atom. The van der Waals surface area contributed by atoms with Crippen LogP contribution in [-0.2, 0) is 9.59 Å². The van der Waals surface area contributed by atoms with Crippen molar-refractivity contribution in [1.29, 1.82) is 0 Å². The van der Waals surface area contributed by atoms with Crippen LogP contribution in [0.4, 0.5) is 5.69 Å². The molecule has 2 aromatic rings. The molecule has 28 heavy (non-hydrogen) atoms. The van der Waals surface area contributed by atoms with Crippen LogP contribution in [0.1, 0.15) is 48.0 Å². The first-order valence-corrected chi connectivity index (χ1v) is 9.69. The van der Waals surface area contributed by atoms with Gasteiger partial charge in [0, 0.05) is 17.4 Å². The highest BCUT2D eigenvalue weighted by Crippen LogP contribution is 2.28. The van der Waals surface area contributed by atoms with Crippen LogP contribution >= 0.6 is 12.2 Å². The summed E-state index contributed by atoms with van der Waals surface area (Å²) < 4.78 is 2.18. The Hall–Kier alpha value is -2.73. The van der Waals surface area contributed by atoms with E-state index in [9.17, 15) is 9.59 Å². The Labute approximate surface area is 171 Å². The molecule has 0 saturated carbocycles. The molecule has 0 aliphatic carbocycles. The van der Waals surface area contributed by atoms with Gasteiger partial charge in [-0.15, -0.1) is 0 Å². The van der Waals surface area contributed by atoms with Crippen molar-refractivity contribution >= 4 is 40.9 Å². The van der Waals surface area contributed by atoms with E-state index in [4.69, 9.17) is 12.2 Å². The number of anilines is 1. The molecule has 0 atom stereocenters. The third kappa shape index (κ3) is 3.40. The van der Waals surface area contributed by atoms with E-state index in [-0.39, 0.29) is 10.7 Å². The number of rotatable bonds is 3. The fraction of sp³-hybridized carbons (Fsp3) is 0.318. The highest BCUT2D eigenvalue weighted by atomic mass is 32.1. The Morgan fingerprint density at radius 1 is 1.07 bits per heavy atom. The number of thiocarbonyl (C=S) groups is 1. The molecule has 0 radical (unpaired) electrons. The van der Waals surface area contributed by atoms with E-state index in [1.807, 2.05) is 52.0 Å². The lowest BCUT2D eigenvalue weighted by molar-refractivity contribution is -0.122. The van der Waals surface area contributed by atoms with Crippen molar-refractivity contribution in [2.24, 2.45) is 0 Å². The minimum absolute atomic E-state index is 0.0811. The summed E-state index contributed by atoms with van der Waals surface area (Å²) in [6.45, 7) is 12.1. The van der Waals surface area contributed by atoms with Crippen molar-refractivity contribution in [2.75, 3.05) is 4.90 Å². The highest BCUT2D eigenvalue weighted by molar-refractivity contribution is 7.80. The first-order valence-electron chi connectivity index (χ1n) is 9.29. The molecule has 1 saturated heterocycles. The van der Waals surface area contributed by atoms with Gasteiger partial charge >= 0.3 is 0 Å².